The number of aromatic nitrogens is 1. The molecule has 0 saturated carbocycles. The number of carbonyl (C=O) groups is 1. The van der Waals surface area contributed by atoms with Crippen LogP contribution in [0.25, 0.3) is 12.2 Å². The Kier molecular flexibility index (Phi) is 4.01. The number of carbonyl (C=O) groups excluding carboxylic acids is 1. The molecule has 0 aliphatic rings. The van der Waals surface area contributed by atoms with E-state index in [1.807, 2.05) is 0 Å². The summed E-state index contributed by atoms with van der Waals surface area (Å²) in [4.78, 5) is 15.9. The Morgan fingerprint density at radius 2 is 2.11 bits per heavy atom. The van der Waals surface area contributed by atoms with Gasteiger partial charge in [0.1, 0.15) is 9.88 Å². The molecule has 1 aromatic heterocycles. The maximum Gasteiger partial charge on any atom is 0.262 e. The molecule has 2 aromatic rings. The smallest absolute Gasteiger partial charge is 0.262 e. The minimum absolute atomic E-state index is 0.204. The molecule has 1 heterocycles. The van der Waals surface area contributed by atoms with Gasteiger partial charge in [-0.2, -0.15) is 0 Å². The minimum Gasteiger partial charge on any atom is -0.354 e. The zero-order valence-electron chi connectivity index (χ0n) is 9.98. The number of halogens is 2. The molecule has 0 aliphatic heterocycles. The minimum atomic E-state index is -0.896. The van der Waals surface area contributed by atoms with E-state index in [0.717, 1.165) is 12.1 Å². The van der Waals surface area contributed by atoms with Crippen molar-refractivity contribution in [2.75, 3.05) is 7.05 Å². The van der Waals surface area contributed by atoms with Crippen LogP contribution in [0, 0.1) is 11.6 Å². The lowest BCUT2D eigenvalue weighted by atomic mass is 10.2. The summed E-state index contributed by atoms with van der Waals surface area (Å²) in [6, 6.07) is 3.62. The van der Waals surface area contributed by atoms with Crippen molar-refractivity contribution in [1.82, 2.24) is 10.3 Å². The molecule has 0 saturated heterocycles. The molecule has 0 radical (unpaired) electrons. The Balaban J connectivity index is 2.16. The maximum atomic E-state index is 13.0. The molecule has 3 nitrogen and oxygen atoms in total. The summed E-state index contributed by atoms with van der Waals surface area (Å²) in [5.41, 5.74) is 0.524. The second-order valence-electron chi connectivity index (χ2n) is 3.65. The summed E-state index contributed by atoms with van der Waals surface area (Å²) in [5, 5.41) is 3.11. The first kappa shape index (κ1) is 13.4. The van der Waals surface area contributed by atoms with E-state index < -0.39 is 11.6 Å². The first-order valence-corrected chi connectivity index (χ1v) is 6.23. The fraction of sp³-hybridized carbons (Fsp3) is 0.0769. The van der Waals surface area contributed by atoms with Crippen LogP contribution in [-0.2, 0) is 0 Å². The second kappa shape index (κ2) is 5.71. The maximum absolute atomic E-state index is 13.0. The van der Waals surface area contributed by atoms with Gasteiger partial charge in [0, 0.05) is 7.05 Å². The SMILES string of the molecule is CNC(=O)c1cnc(/C=C\c2ccc(F)c(F)c2)s1. The normalized spacial score (nSPS) is 10.9. The van der Waals surface area contributed by atoms with E-state index in [2.05, 4.69) is 10.3 Å². The Labute approximate surface area is 112 Å². The highest BCUT2D eigenvalue weighted by Gasteiger charge is 2.06. The molecule has 0 bridgehead atoms. The topological polar surface area (TPSA) is 42.0 Å². The standard InChI is InChI=1S/C13H10F2N2OS/c1-16-13(18)11-7-17-12(19-11)5-3-8-2-4-9(14)10(15)6-8/h2-7H,1H3,(H,16,18)/b5-3-. The van der Waals surface area contributed by atoms with Gasteiger partial charge in [0.2, 0.25) is 0 Å². The van der Waals surface area contributed by atoms with Gasteiger partial charge in [-0.3, -0.25) is 4.79 Å². The van der Waals surface area contributed by atoms with Crippen molar-refractivity contribution in [2.24, 2.45) is 0 Å². The number of rotatable bonds is 3. The largest absolute Gasteiger partial charge is 0.354 e. The van der Waals surface area contributed by atoms with Gasteiger partial charge in [0.05, 0.1) is 6.20 Å². The third kappa shape index (κ3) is 3.23. The number of amides is 1. The van der Waals surface area contributed by atoms with Gasteiger partial charge in [0.15, 0.2) is 11.6 Å². The van der Waals surface area contributed by atoms with Gasteiger partial charge in [0.25, 0.3) is 5.91 Å². The van der Waals surface area contributed by atoms with Crippen LogP contribution in [0.1, 0.15) is 20.2 Å². The number of hydrogen-bond acceptors (Lipinski definition) is 3. The third-order valence-corrected chi connectivity index (χ3v) is 3.30. The Morgan fingerprint density at radius 3 is 2.79 bits per heavy atom. The summed E-state index contributed by atoms with van der Waals surface area (Å²) in [5.74, 6) is -1.98. The van der Waals surface area contributed by atoms with Crippen molar-refractivity contribution < 1.29 is 13.6 Å². The van der Waals surface area contributed by atoms with E-state index in [9.17, 15) is 13.6 Å². The number of benzene rings is 1. The molecule has 0 aliphatic carbocycles. The van der Waals surface area contributed by atoms with Crippen LogP contribution in [0.4, 0.5) is 8.78 Å². The van der Waals surface area contributed by atoms with Crippen LogP contribution >= 0.6 is 11.3 Å². The van der Waals surface area contributed by atoms with Gasteiger partial charge in [-0.1, -0.05) is 12.1 Å². The first-order chi connectivity index (χ1) is 9.10. The predicted octanol–water partition coefficient (Wildman–Crippen LogP) is 2.95. The zero-order valence-corrected chi connectivity index (χ0v) is 10.8. The van der Waals surface area contributed by atoms with Crippen LogP contribution < -0.4 is 5.32 Å². The molecule has 98 valence electrons. The monoisotopic (exact) mass is 280 g/mol. The van der Waals surface area contributed by atoms with Crippen LogP contribution in [0.2, 0.25) is 0 Å². The molecule has 2 rings (SSSR count). The molecule has 1 amide bonds. The van der Waals surface area contributed by atoms with Crippen LogP contribution in [0.5, 0.6) is 0 Å². The van der Waals surface area contributed by atoms with Gasteiger partial charge in [-0.05, 0) is 23.8 Å². The van der Waals surface area contributed by atoms with Gasteiger partial charge in [-0.15, -0.1) is 11.3 Å². The molecule has 1 aromatic carbocycles. The van der Waals surface area contributed by atoms with E-state index in [4.69, 9.17) is 0 Å². The van der Waals surface area contributed by atoms with E-state index in [-0.39, 0.29) is 5.91 Å². The van der Waals surface area contributed by atoms with Crippen LogP contribution in [-0.4, -0.2) is 17.9 Å². The number of nitrogens with zero attached hydrogens (tertiary/aromatic N) is 1. The van der Waals surface area contributed by atoms with Gasteiger partial charge >= 0.3 is 0 Å². The molecule has 0 fully saturated rings. The zero-order chi connectivity index (χ0) is 13.8. The summed E-state index contributed by atoms with van der Waals surface area (Å²) < 4.78 is 25.7. The number of hydrogen-bond donors (Lipinski definition) is 1. The van der Waals surface area contributed by atoms with Crippen molar-refractivity contribution in [3.8, 4) is 0 Å². The summed E-state index contributed by atoms with van der Waals surface area (Å²) >= 11 is 1.21. The van der Waals surface area contributed by atoms with Crippen molar-refractivity contribution in [1.29, 1.82) is 0 Å². The van der Waals surface area contributed by atoms with Crippen molar-refractivity contribution in [3.05, 3.63) is 51.5 Å². The average molecular weight is 280 g/mol. The quantitative estimate of drug-likeness (QED) is 0.939. The lowest BCUT2D eigenvalue weighted by Crippen LogP contribution is -2.16. The summed E-state index contributed by atoms with van der Waals surface area (Å²) in [7, 11) is 1.54. The molecule has 19 heavy (non-hydrogen) atoms. The van der Waals surface area contributed by atoms with E-state index in [1.54, 1.807) is 19.2 Å². The highest BCUT2D eigenvalue weighted by molar-refractivity contribution is 7.14. The second-order valence-corrected chi connectivity index (χ2v) is 4.71. The molecule has 0 spiro atoms. The average Bonchev–Trinajstić information content (AvgIpc) is 2.88. The Hall–Kier alpha value is -2.08. The lowest BCUT2D eigenvalue weighted by Gasteiger charge is -1.94. The van der Waals surface area contributed by atoms with Crippen molar-refractivity contribution in [2.45, 2.75) is 0 Å². The van der Waals surface area contributed by atoms with Crippen LogP contribution in [0.3, 0.4) is 0 Å². The van der Waals surface area contributed by atoms with Gasteiger partial charge in [-0.25, -0.2) is 13.8 Å². The molecule has 6 heteroatoms. The lowest BCUT2D eigenvalue weighted by molar-refractivity contribution is 0.0967. The molecular formula is C13H10F2N2OS. The fourth-order valence-corrected chi connectivity index (χ4v) is 2.14. The third-order valence-electron chi connectivity index (χ3n) is 2.34. The molecular weight excluding hydrogens is 270 g/mol. The van der Waals surface area contributed by atoms with Crippen molar-refractivity contribution >= 4 is 29.4 Å². The molecule has 0 atom stereocenters. The molecule has 1 N–H and O–H groups in total. The van der Waals surface area contributed by atoms with Crippen LogP contribution in [0.15, 0.2) is 24.4 Å². The summed E-state index contributed by atoms with van der Waals surface area (Å²) in [6.45, 7) is 0. The highest BCUT2D eigenvalue weighted by atomic mass is 32.1. The number of thiazole rings is 1. The van der Waals surface area contributed by atoms with E-state index in [1.165, 1.54) is 23.6 Å². The molecule has 0 unspecified atom stereocenters. The van der Waals surface area contributed by atoms with E-state index >= 15 is 0 Å². The van der Waals surface area contributed by atoms with Crippen molar-refractivity contribution in [3.63, 3.8) is 0 Å². The van der Waals surface area contributed by atoms with E-state index in [0.29, 0.717) is 15.4 Å². The summed E-state index contributed by atoms with van der Waals surface area (Å²) in [6.07, 6.45) is 4.72. The Bertz CT molecular complexity index is 637. The fourth-order valence-electron chi connectivity index (χ4n) is 1.38. The number of nitrogens with one attached hydrogen (secondary N) is 1. The van der Waals surface area contributed by atoms with Gasteiger partial charge < -0.3 is 5.32 Å². The highest BCUT2D eigenvalue weighted by Crippen LogP contribution is 2.17. The Morgan fingerprint density at radius 1 is 1.32 bits per heavy atom. The predicted molar refractivity (Wildman–Crippen MR) is 70.8 cm³/mol. The first-order valence-electron chi connectivity index (χ1n) is 5.41.